The van der Waals surface area contributed by atoms with Crippen LogP contribution < -0.4 is 28.4 Å². The molecule has 0 bridgehead atoms. The molecule has 8 rings (SSSR count). The molecule has 92 heavy (non-hydrogen) atoms. The number of hydrogen-bond acceptors (Lipinski definition) is 12. The molecule has 8 aromatic rings. The molecule has 0 aliphatic carbocycles. The Bertz CT molecular complexity index is 3680. The van der Waals surface area contributed by atoms with E-state index in [2.05, 4.69) is 165 Å². The maximum atomic E-state index is 12.8. The lowest BCUT2D eigenvalue weighted by Gasteiger charge is -2.39. The molecule has 0 spiro atoms. The minimum atomic E-state index is -2.40. The topological polar surface area (TPSA) is 134 Å². The summed E-state index contributed by atoms with van der Waals surface area (Å²) in [5, 5.41) is 0. The molecule has 0 saturated heterocycles. The van der Waals surface area contributed by atoms with Crippen molar-refractivity contribution >= 4 is 43.5 Å². The second kappa shape index (κ2) is 31.5. The molecule has 0 aliphatic heterocycles. The van der Waals surface area contributed by atoms with Crippen molar-refractivity contribution in [3.05, 3.63) is 250 Å². The Labute approximate surface area is 550 Å². The molecule has 0 saturated carbocycles. The molecule has 0 aliphatic rings. The van der Waals surface area contributed by atoms with E-state index in [-0.39, 0.29) is 28.6 Å². The molecule has 0 unspecified atom stereocenters. The summed E-state index contributed by atoms with van der Waals surface area (Å²) in [5.74, 6) is 2.29. The van der Waals surface area contributed by atoms with E-state index in [1.165, 1.54) is 40.5 Å². The highest BCUT2D eigenvalue weighted by Gasteiger charge is 2.39. The fraction of sp³-hybridized carbons (Fsp3) is 0.338. The smallest absolute Gasteiger partial charge is 0.493 e. The lowest BCUT2D eigenvalue weighted by molar-refractivity contribution is -0.133. The molecule has 0 atom stereocenters. The Morgan fingerprint density at radius 1 is 0.380 bits per heavy atom. The van der Waals surface area contributed by atoms with Gasteiger partial charge in [-0.15, -0.1) is 0 Å². The van der Waals surface area contributed by atoms with Crippen LogP contribution in [-0.2, 0) is 53.3 Å². The third-order valence-corrected chi connectivity index (χ3v) is 28.4. The summed E-state index contributed by atoms with van der Waals surface area (Å²) in [4.78, 5) is 36.9. The van der Waals surface area contributed by atoms with Gasteiger partial charge in [0, 0.05) is 16.2 Å². The Morgan fingerprint density at radius 2 is 0.728 bits per heavy atom. The summed E-state index contributed by atoms with van der Waals surface area (Å²) in [5.41, 5.74) is 11.2. The minimum Gasteiger partial charge on any atom is -0.493 e. The lowest BCUT2D eigenvalue weighted by Crippen LogP contribution is -2.52. The third-order valence-electron chi connectivity index (χ3n) is 16.9. The molecule has 0 aromatic heterocycles. The maximum absolute atomic E-state index is 12.8. The molecule has 8 aromatic carbocycles. The summed E-state index contributed by atoms with van der Waals surface area (Å²) >= 11 is 0. The Hall–Kier alpha value is -8.06. The van der Waals surface area contributed by atoms with E-state index in [1.54, 1.807) is 38.5 Å². The number of benzene rings is 8. The standard InChI is InChI=1S/C44H60O10Si3.C33H34O2/c1-44(2,35-19-13-12-14-20-35)36-23-25-37(26-24-36)50-43(46)52-39-28-22-34(32-41(39)48-4)18-16-30-56(8,9)54-57(10,11)53-55(6,7)29-15-17-33-21-27-38(40(31-33)47-3)51-42(45)49-5;1-24-11-15-27(16-12-24)33(4,5)29-19-21-30(22-20-29)35-31(34)23-25-13-17-28(18-14-25)32(2,3)26-9-7-6-8-10-26/h12-14,19-28,31-32H,15-18,29-30H2,1-11H3;6-22H,23H2,1-5H3. The number of carbonyl (C=O) groups excluding carboxylic acids is 3. The summed E-state index contributed by atoms with van der Waals surface area (Å²) in [7, 11) is -2.10. The third kappa shape index (κ3) is 20.5. The zero-order valence-corrected chi connectivity index (χ0v) is 59.8. The largest absolute Gasteiger partial charge is 0.519 e. The molecule has 0 heterocycles. The predicted octanol–water partition coefficient (Wildman–Crippen LogP) is 19.3. The van der Waals surface area contributed by atoms with Gasteiger partial charge in [0.05, 0.1) is 27.8 Å². The first-order valence-corrected chi connectivity index (χ1v) is 40.7. The van der Waals surface area contributed by atoms with Crippen molar-refractivity contribution < 1.29 is 55.8 Å². The van der Waals surface area contributed by atoms with Gasteiger partial charge in [0.15, 0.2) is 39.6 Å². The quantitative estimate of drug-likeness (QED) is 0.0221. The summed E-state index contributed by atoms with van der Waals surface area (Å²) in [6.07, 6.45) is 2.20. The number of ether oxygens (including phenoxy) is 7. The van der Waals surface area contributed by atoms with Crippen LogP contribution in [0, 0.1) is 6.92 Å². The number of rotatable bonds is 26. The van der Waals surface area contributed by atoms with Gasteiger partial charge in [-0.1, -0.05) is 193 Å². The monoisotopic (exact) mass is 1290 g/mol. The van der Waals surface area contributed by atoms with Crippen molar-refractivity contribution in [1.29, 1.82) is 0 Å². The Kier molecular flexibility index (Phi) is 24.4. The van der Waals surface area contributed by atoms with Gasteiger partial charge in [0.1, 0.15) is 11.5 Å². The van der Waals surface area contributed by atoms with Gasteiger partial charge in [-0.3, -0.25) is 4.79 Å². The zero-order chi connectivity index (χ0) is 66.9. The second-order valence-corrected chi connectivity index (χ2v) is 39.2. The van der Waals surface area contributed by atoms with Crippen molar-refractivity contribution in [2.75, 3.05) is 21.3 Å². The van der Waals surface area contributed by atoms with Crippen LogP contribution in [0.1, 0.15) is 110 Å². The highest BCUT2D eigenvalue weighted by Crippen LogP contribution is 2.37. The fourth-order valence-electron chi connectivity index (χ4n) is 11.6. The number of methoxy groups -OCH3 is 3. The highest BCUT2D eigenvalue weighted by molar-refractivity contribution is 6.87. The van der Waals surface area contributed by atoms with Crippen molar-refractivity contribution in [2.45, 2.75) is 148 Å². The van der Waals surface area contributed by atoms with E-state index >= 15 is 0 Å². The Morgan fingerprint density at radius 3 is 1.12 bits per heavy atom. The van der Waals surface area contributed by atoms with E-state index in [9.17, 15) is 14.4 Å². The van der Waals surface area contributed by atoms with Crippen molar-refractivity contribution in [2.24, 2.45) is 0 Å². The summed E-state index contributed by atoms with van der Waals surface area (Å²) in [6, 6.07) is 66.2. The van der Waals surface area contributed by atoms with Crippen molar-refractivity contribution in [1.82, 2.24) is 0 Å². The number of carbonyl (C=O) groups is 3. The van der Waals surface area contributed by atoms with Crippen LogP contribution >= 0.6 is 0 Å². The first-order valence-electron chi connectivity index (χ1n) is 31.6. The predicted molar refractivity (Wildman–Crippen MR) is 376 cm³/mol. The van der Waals surface area contributed by atoms with Gasteiger partial charge in [-0.25, -0.2) is 9.59 Å². The average molecular weight is 1300 g/mol. The van der Waals surface area contributed by atoms with Gasteiger partial charge in [-0.2, -0.15) is 0 Å². The second-order valence-electron chi connectivity index (χ2n) is 26.7. The van der Waals surface area contributed by atoms with Crippen molar-refractivity contribution in [3.8, 4) is 34.5 Å². The van der Waals surface area contributed by atoms with Crippen LogP contribution in [0.25, 0.3) is 0 Å². The molecule has 0 radical (unpaired) electrons. The van der Waals surface area contributed by atoms with Crippen LogP contribution in [0.2, 0.25) is 51.4 Å². The molecular weight excluding hydrogens is 1200 g/mol. The van der Waals surface area contributed by atoms with Crippen LogP contribution in [0.15, 0.2) is 194 Å². The van der Waals surface area contributed by atoms with Crippen LogP contribution in [0.5, 0.6) is 34.5 Å². The molecular formula is C77H94O12Si3. The first-order chi connectivity index (χ1) is 43.5. The van der Waals surface area contributed by atoms with Crippen LogP contribution in [-0.4, -0.2) is 64.8 Å². The molecule has 0 N–H and O–H groups in total. The van der Waals surface area contributed by atoms with E-state index in [1.807, 2.05) is 97.1 Å². The number of hydrogen-bond donors (Lipinski definition) is 0. The van der Waals surface area contributed by atoms with Crippen LogP contribution in [0.3, 0.4) is 0 Å². The molecule has 486 valence electrons. The zero-order valence-electron chi connectivity index (χ0n) is 56.8. The van der Waals surface area contributed by atoms with Gasteiger partial charge < -0.3 is 41.4 Å². The van der Waals surface area contributed by atoms with Gasteiger partial charge in [0.25, 0.3) is 0 Å². The van der Waals surface area contributed by atoms with Gasteiger partial charge in [0.2, 0.25) is 0 Å². The van der Waals surface area contributed by atoms with E-state index in [4.69, 9.17) is 36.7 Å². The average Bonchev–Trinajstić information content (AvgIpc) is 0.868. The minimum absolute atomic E-state index is 0.103. The first kappa shape index (κ1) is 71.4. The van der Waals surface area contributed by atoms with E-state index in [0.717, 1.165) is 60.0 Å². The van der Waals surface area contributed by atoms with Crippen molar-refractivity contribution in [3.63, 3.8) is 0 Å². The van der Waals surface area contributed by atoms with Gasteiger partial charge >= 0.3 is 26.8 Å². The Balaban J connectivity index is 0.000000292. The number of aryl methyl sites for hydroxylation is 3. The summed E-state index contributed by atoms with van der Waals surface area (Å²) in [6.45, 7) is 28.7. The molecule has 0 amide bonds. The fourth-order valence-corrected chi connectivity index (χ4v) is 25.6. The van der Waals surface area contributed by atoms with Crippen LogP contribution in [0.4, 0.5) is 9.59 Å². The molecule has 0 fully saturated rings. The van der Waals surface area contributed by atoms with Gasteiger partial charge in [-0.05, 0) is 183 Å². The molecule has 12 nitrogen and oxygen atoms in total. The maximum Gasteiger partial charge on any atom is 0.519 e. The highest BCUT2D eigenvalue weighted by atomic mass is 28.5. The van der Waals surface area contributed by atoms with E-state index in [0.29, 0.717) is 34.5 Å². The van der Waals surface area contributed by atoms with E-state index < -0.39 is 37.5 Å². The SMILES string of the molecule is COC(=O)Oc1ccc(CCC[Si](C)(C)O[Si](C)(C)O[Si](C)(C)CCCc2ccc(OC(=O)Oc3ccc(C(C)(C)c4ccccc4)cc3)c(OC)c2)cc1OC.Cc1ccc(C(C)(C)c2ccc(OC(=O)Cc3ccc(C(C)(C)c4ccccc4)cc3)cc2)cc1. The summed E-state index contributed by atoms with van der Waals surface area (Å²) < 4.78 is 51.2. The molecule has 15 heteroatoms. The normalized spacial score (nSPS) is 12.0. The lowest BCUT2D eigenvalue weighted by atomic mass is 9.78. The number of esters is 1.